The number of carboxylic acids is 1. The van der Waals surface area contributed by atoms with E-state index in [0.29, 0.717) is 27.5 Å². The number of hydrogen-bond acceptors (Lipinski definition) is 5. The van der Waals surface area contributed by atoms with Gasteiger partial charge in [-0.25, -0.2) is 9.18 Å². The first-order valence-corrected chi connectivity index (χ1v) is 12.6. The van der Waals surface area contributed by atoms with Crippen molar-refractivity contribution < 1.29 is 28.6 Å². The van der Waals surface area contributed by atoms with Gasteiger partial charge in [-0.05, 0) is 93.1 Å². The van der Waals surface area contributed by atoms with E-state index in [-0.39, 0.29) is 11.7 Å². The Bertz CT molecular complexity index is 1490. The highest BCUT2D eigenvalue weighted by molar-refractivity contribution is 7.21. The lowest BCUT2D eigenvalue weighted by atomic mass is 10.1. The number of aliphatic carboxylic acids is 1. The number of fused-ring (bicyclic) bond motifs is 1. The number of carbonyl (C=O) groups excluding carboxylic acids is 1. The number of halogens is 1. The molecule has 1 aromatic heterocycles. The third-order valence-electron chi connectivity index (χ3n) is 6.05. The van der Waals surface area contributed by atoms with E-state index in [9.17, 15) is 19.1 Å². The van der Waals surface area contributed by atoms with Gasteiger partial charge in [-0.1, -0.05) is 18.2 Å². The normalized spacial score (nSPS) is 12.3. The van der Waals surface area contributed by atoms with Crippen LogP contribution in [0, 0.1) is 19.7 Å². The van der Waals surface area contributed by atoms with Gasteiger partial charge in [0, 0.05) is 10.8 Å². The van der Waals surface area contributed by atoms with Crippen molar-refractivity contribution in [3.63, 3.8) is 0 Å². The van der Waals surface area contributed by atoms with Crippen LogP contribution in [0.3, 0.4) is 0 Å². The number of carbonyl (C=O) groups is 2. The molecule has 1 unspecified atom stereocenters. The molecule has 0 radical (unpaired) electrons. The fourth-order valence-corrected chi connectivity index (χ4v) is 5.00. The predicted molar refractivity (Wildman–Crippen MR) is 142 cm³/mol. The lowest BCUT2D eigenvalue weighted by Gasteiger charge is -2.23. The lowest BCUT2D eigenvalue weighted by molar-refractivity contribution is -0.152. The molecule has 0 aliphatic rings. The largest absolute Gasteiger partial charge is 0.478 e. The van der Waals surface area contributed by atoms with Gasteiger partial charge < -0.3 is 19.9 Å². The number of amides is 1. The topological polar surface area (TPSA) is 84.9 Å². The number of thiophene rings is 1. The van der Waals surface area contributed by atoms with E-state index < -0.39 is 23.4 Å². The molecule has 192 valence electrons. The lowest BCUT2D eigenvalue weighted by Crippen LogP contribution is -2.38. The molecule has 0 saturated carbocycles. The van der Waals surface area contributed by atoms with Crippen LogP contribution in [0.1, 0.15) is 53.2 Å². The predicted octanol–water partition coefficient (Wildman–Crippen LogP) is 7.18. The van der Waals surface area contributed by atoms with Crippen LogP contribution in [0.15, 0.2) is 60.7 Å². The van der Waals surface area contributed by atoms with Crippen LogP contribution in [0.5, 0.6) is 17.2 Å². The van der Waals surface area contributed by atoms with Crippen molar-refractivity contribution in [3.05, 3.63) is 88.0 Å². The van der Waals surface area contributed by atoms with Crippen LogP contribution >= 0.6 is 11.3 Å². The van der Waals surface area contributed by atoms with Gasteiger partial charge in [-0.15, -0.1) is 11.3 Å². The second-order valence-corrected chi connectivity index (χ2v) is 10.5. The van der Waals surface area contributed by atoms with Gasteiger partial charge in [0.15, 0.2) is 5.60 Å². The van der Waals surface area contributed by atoms with E-state index in [4.69, 9.17) is 9.47 Å². The Morgan fingerprint density at radius 2 is 1.76 bits per heavy atom. The molecule has 37 heavy (non-hydrogen) atoms. The number of hydrogen-bond donors (Lipinski definition) is 2. The molecule has 4 aromatic rings. The van der Waals surface area contributed by atoms with Crippen molar-refractivity contribution in [2.45, 2.75) is 46.3 Å². The second-order valence-electron chi connectivity index (χ2n) is 9.41. The van der Waals surface area contributed by atoms with Gasteiger partial charge >= 0.3 is 5.97 Å². The summed E-state index contributed by atoms with van der Waals surface area (Å²) in [6.45, 7) is 8.42. The summed E-state index contributed by atoms with van der Waals surface area (Å²) in [7, 11) is 0. The van der Waals surface area contributed by atoms with Crippen LogP contribution in [-0.4, -0.2) is 22.6 Å². The molecule has 3 aromatic carbocycles. The first-order chi connectivity index (χ1) is 17.4. The molecular weight excluding hydrogens is 493 g/mol. The van der Waals surface area contributed by atoms with Crippen molar-refractivity contribution in [2.24, 2.45) is 0 Å². The van der Waals surface area contributed by atoms with Gasteiger partial charge in [0.05, 0.1) is 10.9 Å². The molecule has 0 bridgehead atoms. The molecule has 0 aliphatic carbocycles. The van der Waals surface area contributed by atoms with E-state index >= 15 is 0 Å². The average molecular weight is 522 g/mol. The number of aryl methyl sites for hydroxylation is 2. The smallest absolute Gasteiger partial charge is 0.347 e. The summed E-state index contributed by atoms with van der Waals surface area (Å²) in [5.41, 5.74) is 0.757. The van der Waals surface area contributed by atoms with Crippen LogP contribution in [0.2, 0.25) is 0 Å². The summed E-state index contributed by atoms with van der Waals surface area (Å²) in [5.74, 6) is -0.670. The number of rotatable bonds is 8. The highest BCUT2D eigenvalue weighted by Gasteiger charge is 2.30. The minimum Gasteiger partial charge on any atom is -0.478 e. The fraction of sp³-hybridized carbons (Fsp3) is 0.241. The fourth-order valence-electron chi connectivity index (χ4n) is 3.88. The van der Waals surface area contributed by atoms with Crippen molar-refractivity contribution in [2.75, 3.05) is 0 Å². The Kier molecular flexibility index (Phi) is 7.23. The Labute approximate surface area is 218 Å². The molecule has 1 atom stereocenters. The molecule has 1 heterocycles. The van der Waals surface area contributed by atoms with Crippen LogP contribution in [0.25, 0.3) is 10.1 Å². The first kappa shape index (κ1) is 26.2. The molecule has 4 rings (SSSR count). The Hall–Kier alpha value is -3.91. The molecule has 0 fully saturated rings. The van der Waals surface area contributed by atoms with Crippen molar-refractivity contribution in [1.29, 1.82) is 0 Å². The number of carboxylic acid groups (broad SMARTS) is 1. The first-order valence-electron chi connectivity index (χ1n) is 11.7. The molecular formula is C29H28FNO5S. The highest BCUT2D eigenvalue weighted by atomic mass is 32.1. The quantitative estimate of drug-likeness (QED) is 0.256. The zero-order chi connectivity index (χ0) is 26.9. The number of benzene rings is 3. The van der Waals surface area contributed by atoms with Crippen molar-refractivity contribution in [3.8, 4) is 17.2 Å². The van der Waals surface area contributed by atoms with Gasteiger partial charge in [0.25, 0.3) is 5.91 Å². The standard InChI is InChI=1S/C29H28FNO5S/c1-16-12-21(10-11-24(16)36-29(4,5)28(33)34)35-22-14-19(13-20(30)15-22)18(3)31-27(32)26-17(2)23-8-6-7-9-25(23)37-26/h6-15,18H,1-5H3,(H,31,32)(H,33,34). The third-order valence-corrected chi connectivity index (χ3v) is 7.33. The van der Waals surface area contributed by atoms with Crippen LogP contribution in [-0.2, 0) is 4.79 Å². The minimum atomic E-state index is -1.39. The highest BCUT2D eigenvalue weighted by Crippen LogP contribution is 2.33. The van der Waals surface area contributed by atoms with Crippen molar-refractivity contribution >= 4 is 33.3 Å². The van der Waals surface area contributed by atoms with Gasteiger partial charge in [-0.2, -0.15) is 0 Å². The zero-order valence-corrected chi connectivity index (χ0v) is 22.0. The van der Waals surface area contributed by atoms with Gasteiger partial charge in [-0.3, -0.25) is 4.79 Å². The number of nitrogens with one attached hydrogen (secondary N) is 1. The molecule has 8 heteroatoms. The monoisotopic (exact) mass is 521 g/mol. The van der Waals surface area contributed by atoms with E-state index in [1.54, 1.807) is 38.1 Å². The van der Waals surface area contributed by atoms with Gasteiger partial charge in [0.2, 0.25) is 0 Å². The maximum Gasteiger partial charge on any atom is 0.347 e. The number of ether oxygens (including phenoxy) is 2. The SMILES string of the molecule is Cc1cc(Oc2cc(F)cc(C(C)NC(=O)c3sc4ccccc4c3C)c2)ccc1OC(C)(C)C(=O)O. The van der Waals surface area contributed by atoms with E-state index in [0.717, 1.165) is 15.6 Å². The Morgan fingerprint density at radius 3 is 2.43 bits per heavy atom. The molecule has 0 saturated heterocycles. The Morgan fingerprint density at radius 1 is 1.03 bits per heavy atom. The van der Waals surface area contributed by atoms with Crippen molar-refractivity contribution in [1.82, 2.24) is 5.32 Å². The molecule has 6 nitrogen and oxygen atoms in total. The summed E-state index contributed by atoms with van der Waals surface area (Å²) in [6, 6.07) is 16.6. The van der Waals surface area contributed by atoms with E-state index in [1.807, 2.05) is 31.2 Å². The molecule has 0 aliphatic heterocycles. The summed E-state index contributed by atoms with van der Waals surface area (Å²) in [6.07, 6.45) is 0. The summed E-state index contributed by atoms with van der Waals surface area (Å²) in [5, 5.41) is 13.3. The molecule has 0 spiro atoms. The maximum absolute atomic E-state index is 14.5. The zero-order valence-electron chi connectivity index (χ0n) is 21.2. The maximum atomic E-state index is 14.5. The van der Waals surface area contributed by atoms with Gasteiger partial charge in [0.1, 0.15) is 23.1 Å². The average Bonchev–Trinajstić information content (AvgIpc) is 3.17. The summed E-state index contributed by atoms with van der Waals surface area (Å²) >= 11 is 1.43. The summed E-state index contributed by atoms with van der Waals surface area (Å²) < 4.78 is 27.0. The minimum absolute atomic E-state index is 0.214. The Balaban J connectivity index is 1.50. The van der Waals surface area contributed by atoms with Crippen LogP contribution < -0.4 is 14.8 Å². The van der Waals surface area contributed by atoms with E-state index in [1.165, 1.54) is 37.3 Å². The molecule has 1 amide bonds. The van der Waals surface area contributed by atoms with Crippen LogP contribution in [0.4, 0.5) is 4.39 Å². The second kappa shape index (κ2) is 10.2. The summed E-state index contributed by atoms with van der Waals surface area (Å²) in [4.78, 5) is 25.0. The van der Waals surface area contributed by atoms with E-state index in [2.05, 4.69) is 5.32 Å². The third kappa shape index (κ3) is 5.75. The molecule has 2 N–H and O–H groups in total.